The molecule has 0 spiro atoms. The van der Waals surface area contributed by atoms with Crippen LogP contribution in [0, 0.1) is 6.92 Å². The van der Waals surface area contributed by atoms with Crippen molar-refractivity contribution in [2.24, 2.45) is 0 Å². The number of aryl methyl sites for hydroxylation is 1. The van der Waals surface area contributed by atoms with Crippen molar-refractivity contribution in [3.63, 3.8) is 0 Å². The number of carbonyl (C=O) groups is 1. The number of nitrogens with one attached hydrogen (secondary N) is 1. The molecule has 18 heavy (non-hydrogen) atoms. The van der Waals surface area contributed by atoms with E-state index >= 15 is 0 Å². The standard InChI is InChI=1S/C12H13N3O3/c1-8-6-9(15-18-8)7-14-11-10(12(16)17-2)4-3-5-13-11/h3-6H,7H2,1-2H3,(H,13,14). The molecule has 94 valence electrons. The van der Waals surface area contributed by atoms with Gasteiger partial charge in [0, 0.05) is 12.3 Å². The molecular weight excluding hydrogens is 234 g/mol. The highest BCUT2D eigenvalue weighted by molar-refractivity contribution is 5.94. The third-order valence-corrected chi connectivity index (χ3v) is 2.33. The number of methoxy groups -OCH3 is 1. The van der Waals surface area contributed by atoms with Gasteiger partial charge >= 0.3 is 5.97 Å². The fourth-order valence-corrected chi connectivity index (χ4v) is 1.50. The fraction of sp³-hybridized carbons (Fsp3) is 0.250. The minimum atomic E-state index is -0.429. The van der Waals surface area contributed by atoms with Gasteiger partial charge < -0.3 is 14.6 Å². The van der Waals surface area contributed by atoms with Crippen LogP contribution in [0.25, 0.3) is 0 Å². The quantitative estimate of drug-likeness (QED) is 0.830. The number of anilines is 1. The van der Waals surface area contributed by atoms with Crippen molar-refractivity contribution in [1.82, 2.24) is 10.1 Å². The largest absolute Gasteiger partial charge is 0.465 e. The second-order valence-electron chi connectivity index (χ2n) is 3.67. The van der Waals surface area contributed by atoms with Crippen molar-refractivity contribution < 1.29 is 14.1 Å². The summed E-state index contributed by atoms with van der Waals surface area (Å²) in [5.41, 5.74) is 1.13. The van der Waals surface area contributed by atoms with Crippen LogP contribution >= 0.6 is 0 Å². The summed E-state index contributed by atoms with van der Waals surface area (Å²) in [7, 11) is 1.33. The Hall–Kier alpha value is -2.37. The summed E-state index contributed by atoms with van der Waals surface area (Å²) in [5.74, 6) is 0.771. The van der Waals surface area contributed by atoms with E-state index in [1.54, 1.807) is 18.3 Å². The number of ether oxygens (including phenoxy) is 1. The zero-order chi connectivity index (χ0) is 13.0. The molecule has 6 nitrogen and oxygen atoms in total. The summed E-state index contributed by atoms with van der Waals surface area (Å²) in [6, 6.07) is 5.14. The monoisotopic (exact) mass is 247 g/mol. The number of nitrogens with zero attached hydrogens (tertiary/aromatic N) is 2. The van der Waals surface area contributed by atoms with Crippen LogP contribution in [0.3, 0.4) is 0 Å². The normalized spacial score (nSPS) is 10.1. The number of esters is 1. The predicted molar refractivity (Wildman–Crippen MR) is 64.1 cm³/mol. The number of pyridine rings is 1. The van der Waals surface area contributed by atoms with E-state index in [9.17, 15) is 4.79 Å². The third kappa shape index (κ3) is 2.65. The highest BCUT2D eigenvalue weighted by Gasteiger charge is 2.12. The van der Waals surface area contributed by atoms with Gasteiger partial charge in [-0.15, -0.1) is 0 Å². The van der Waals surface area contributed by atoms with E-state index in [2.05, 4.69) is 20.2 Å². The van der Waals surface area contributed by atoms with Gasteiger partial charge in [-0.05, 0) is 19.1 Å². The van der Waals surface area contributed by atoms with E-state index < -0.39 is 5.97 Å². The fourth-order valence-electron chi connectivity index (χ4n) is 1.50. The van der Waals surface area contributed by atoms with Gasteiger partial charge in [-0.2, -0.15) is 0 Å². The molecule has 0 saturated carbocycles. The first-order valence-corrected chi connectivity index (χ1v) is 5.40. The second-order valence-corrected chi connectivity index (χ2v) is 3.67. The molecular formula is C12H13N3O3. The Balaban J connectivity index is 2.11. The van der Waals surface area contributed by atoms with Crippen molar-refractivity contribution >= 4 is 11.8 Å². The highest BCUT2D eigenvalue weighted by atomic mass is 16.5. The second kappa shape index (κ2) is 5.31. The molecule has 0 unspecified atom stereocenters. The first kappa shape index (κ1) is 12.1. The maximum Gasteiger partial charge on any atom is 0.341 e. The van der Waals surface area contributed by atoms with Gasteiger partial charge in [-0.1, -0.05) is 5.16 Å². The van der Waals surface area contributed by atoms with E-state index in [-0.39, 0.29) is 0 Å². The van der Waals surface area contributed by atoms with Crippen molar-refractivity contribution in [2.75, 3.05) is 12.4 Å². The van der Waals surface area contributed by atoms with Crippen LogP contribution in [0.4, 0.5) is 5.82 Å². The smallest absolute Gasteiger partial charge is 0.341 e. The number of hydrogen-bond donors (Lipinski definition) is 1. The SMILES string of the molecule is COC(=O)c1cccnc1NCc1cc(C)on1. The molecule has 0 bridgehead atoms. The highest BCUT2D eigenvalue weighted by Crippen LogP contribution is 2.13. The molecule has 0 radical (unpaired) electrons. The molecule has 0 aliphatic carbocycles. The molecule has 0 aliphatic rings. The maximum atomic E-state index is 11.5. The topological polar surface area (TPSA) is 77.2 Å². The number of aromatic nitrogens is 2. The molecule has 2 heterocycles. The van der Waals surface area contributed by atoms with Crippen molar-refractivity contribution in [2.45, 2.75) is 13.5 Å². The Morgan fingerprint density at radius 2 is 2.39 bits per heavy atom. The number of hydrogen-bond acceptors (Lipinski definition) is 6. The van der Waals surface area contributed by atoms with Crippen molar-refractivity contribution in [3.8, 4) is 0 Å². The van der Waals surface area contributed by atoms with Crippen LogP contribution in [0.2, 0.25) is 0 Å². The molecule has 2 aromatic heterocycles. The van der Waals surface area contributed by atoms with Gasteiger partial charge in [0.15, 0.2) is 0 Å². The van der Waals surface area contributed by atoms with Crippen LogP contribution in [-0.2, 0) is 11.3 Å². The van der Waals surface area contributed by atoms with E-state index in [1.165, 1.54) is 7.11 Å². The lowest BCUT2D eigenvalue weighted by molar-refractivity contribution is 0.0601. The molecule has 0 aliphatic heterocycles. The Kier molecular flexibility index (Phi) is 3.57. The number of carbonyl (C=O) groups excluding carboxylic acids is 1. The Labute approximate surface area is 104 Å². The lowest BCUT2D eigenvalue weighted by Crippen LogP contribution is -2.09. The summed E-state index contributed by atoms with van der Waals surface area (Å²) in [4.78, 5) is 15.6. The van der Waals surface area contributed by atoms with Crippen LogP contribution in [0.15, 0.2) is 28.9 Å². The van der Waals surface area contributed by atoms with Crippen LogP contribution in [0.1, 0.15) is 21.8 Å². The Bertz CT molecular complexity index is 551. The third-order valence-electron chi connectivity index (χ3n) is 2.33. The molecule has 0 aromatic carbocycles. The molecule has 0 saturated heterocycles. The minimum absolute atomic E-state index is 0.389. The summed E-state index contributed by atoms with van der Waals surface area (Å²) in [5, 5.41) is 6.87. The van der Waals surface area contributed by atoms with Crippen molar-refractivity contribution in [1.29, 1.82) is 0 Å². The van der Waals surface area contributed by atoms with Gasteiger partial charge in [0.25, 0.3) is 0 Å². The maximum absolute atomic E-state index is 11.5. The summed E-state index contributed by atoms with van der Waals surface area (Å²) < 4.78 is 9.63. The lowest BCUT2D eigenvalue weighted by Gasteiger charge is -2.07. The zero-order valence-corrected chi connectivity index (χ0v) is 10.1. The van der Waals surface area contributed by atoms with Crippen LogP contribution in [0.5, 0.6) is 0 Å². The Morgan fingerprint density at radius 1 is 1.56 bits per heavy atom. The van der Waals surface area contributed by atoms with Gasteiger partial charge in [0.2, 0.25) is 0 Å². The molecule has 0 amide bonds. The predicted octanol–water partition coefficient (Wildman–Crippen LogP) is 1.78. The Morgan fingerprint density at radius 3 is 3.06 bits per heavy atom. The molecule has 2 rings (SSSR count). The summed E-state index contributed by atoms with van der Waals surface area (Å²) >= 11 is 0. The van der Waals surface area contributed by atoms with Gasteiger partial charge in [0.1, 0.15) is 22.8 Å². The molecule has 2 aromatic rings. The van der Waals surface area contributed by atoms with E-state index in [0.717, 1.165) is 11.5 Å². The van der Waals surface area contributed by atoms with Crippen LogP contribution < -0.4 is 5.32 Å². The molecule has 0 fully saturated rings. The van der Waals surface area contributed by atoms with Crippen molar-refractivity contribution in [3.05, 3.63) is 41.4 Å². The van der Waals surface area contributed by atoms with Gasteiger partial charge in [0.05, 0.1) is 13.7 Å². The van der Waals surface area contributed by atoms with Gasteiger partial charge in [-0.25, -0.2) is 9.78 Å². The van der Waals surface area contributed by atoms with E-state index in [4.69, 9.17) is 4.52 Å². The molecule has 6 heteroatoms. The van der Waals surface area contributed by atoms with Gasteiger partial charge in [-0.3, -0.25) is 0 Å². The minimum Gasteiger partial charge on any atom is -0.465 e. The first-order chi connectivity index (χ1) is 8.70. The first-order valence-electron chi connectivity index (χ1n) is 5.40. The summed E-state index contributed by atoms with van der Waals surface area (Å²) in [6.45, 7) is 2.25. The summed E-state index contributed by atoms with van der Waals surface area (Å²) in [6.07, 6.45) is 1.60. The molecule has 0 atom stereocenters. The average molecular weight is 247 g/mol. The average Bonchev–Trinajstić information content (AvgIpc) is 2.81. The van der Waals surface area contributed by atoms with E-state index in [1.807, 2.05) is 13.0 Å². The zero-order valence-electron chi connectivity index (χ0n) is 10.1. The van der Waals surface area contributed by atoms with E-state index in [0.29, 0.717) is 17.9 Å². The number of rotatable bonds is 4. The lowest BCUT2D eigenvalue weighted by atomic mass is 10.2. The van der Waals surface area contributed by atoms with Crippen LogP contribution in [-0.4, -0.2) is 23.2 Å². The molecule has 1 N–H and O–H groups in total.